The molecule has 0 radical (unpaired) electrons. The Morgan fingerprint density at radius 3 is 2.72 bits per heavy atom. The highest BCUT2D eigenvalue weighted by Crippen LogP contribution is 2.44. The summed E-state index contributed by atoms with van der Waals surface area (Å²) in [5.41, 5.74) is 3.37. The number of carboxylic acids is 1. The molecule has 0 spiro atoms. The van der Waals surface area contributed by atoms with E-state index in [-0.39, 0.29) is 18.9 Å². The van der Waals surface area contributed by atoms with Crippen LogP contribution in [0, 0.1) is 0 Å². The van der Waals surface area contributed by atoms with Gasteiger partial charge in [0.05, 0.1) is 29.9 Å². The fourth-order valence-corrected chi connectivity index (χ4v) is 6.26. The van der Waals surface area contributed by atoms with E-state index in [2.05, 4.69) is 22.0 Å². The smallest absolute Gasteiger partial charge is 0.305 e. The summed E-state index contributed by atoms with van der Waals surface area (Å²) in [5, 5.41) is 20.2. The van der Waals surface area contributed by atoms with Crippen LogP contribution in [-0.4, -0.2) is 68.0 Å². The summed E-state index contributed by atoms with van der Waals surface area (Å²) in [4.78, 5) is 29.3. The first-order valence-corrected chi connectivity index (χ1v) is 13.8. The molecule has 36 heavy (non-hydrogen) atoms. The van der Waals surface area contributed by atoms with Crippen molar-refractivity contribution < 1.29 is 24.2 Å². The van der Waals surface area contributed by atoms with E-state index in [1.165, 1.54) is 10.4 Å². The number of nitrogens with one attached hydrogen (secondary N) is 3. The van der Waals surface area contributed by atoms with Gasteiger partial charge in [-0.1, -0.05) is 12.1 Å². The second kappa shape index (κ2) is 13.8. The molecule has 4 rings (SSSR count). The predicted molar refractivity (Wildman–Crippen MR) is 143 cm³/mol. The number of fused-ring (bicyclic) bond motifs is 2. The Bertz CT molecular complexity index is 1130. The molecular weight excluding hydrogens is 500 g/mol. The number of amides is 1. The Balaban J connectivity index is 1.20. The number of aliphatic carboxylic acids is 1. The van der Waals surface area contributed by atoms with Gasteiger partial charge in [0.15, 0.2) is 0 Å². The number of thiophene rings is 1. The molecule has 0 fully saturated rings. The number of nitrogens with zero attached hydrogens (tertiary/aromatic N) is 1. The van der Waals surface area contributed by atoms with Gasteiger partial charge in [0.2, 0.25) is 5.91 Å². The van der Waals surface area contributed by atoms with Gasteiger partial charge in [0.25, 0.3) is 0 Å². The van der Waals surface area contributed by atoms with Crippen molar-refractivity contribution in [1.82, 2.24) is 15.6 Å². The quantitative estimate of drug-likeness (QED) is 0.220. The standard InChI is InChI=1S/C25H32N4O5S2/c30-21(7-10-26-11-15-34-13-3-12-33-14-8-22(31)32)29-25-23(17-6-9-27-16-20(17)36-25)24-28-18-4-1-2-5-19(18)35-24/h1-2,4-5,26-27H,3,6-16H2,(H,29,30)(H,31,32). The largest absolute Gasteiger partial charge is 0.481 e. The molecule has 9 nitrogen and oxygen atoms in total. The predicted octanol–water partition coefficient (Wildman–Crippen LogP) is 3.49. The number of hydrogen-bond donors (Lipinski definition) is 4. The molecule has 1 aromatic carbocycles. The molecule has 3 aromatic rings. The highest BCUT2D eigenvalue weighted by atomic mass is 32.1. The summed E-state index contributed by atoms with van der Waals surface area (Å²) in [5.74, 6) is -0.873. The van der Waals surface area contributed by atoms with Gasteiger partial charge in [0.1, 0.15) is 10.0 Å². The first-order valence-electron chi connectivity index (χ1n) is 12.2. The molecule has 4 N–H and O–H groups in total. The first kappa shape index (κ1) is 26.6. The van der Waals surface area contributed by atoms with E-state index >= 15 is 0 Å². The topological polar surface area (TPSA) is 122 Å². The number of aromatic nitrogens is 1. The molecule has 0 aliphatic carbocycles. The molecule has 11 heteroatoms. The lowest BCUT2D eigenvalue weighted by atomic mass is 10.0. The summed E-state index contributed by atoms with van der Waals surface area (Å²) in [6.45, 7) is 4.79. The highest BCUT2D eigenvalue weighted by molar-refractivity contribution is 7.22. The fourth-order valence-electron chi connectivity index (χ4n) is 3.92. The van der Waals surface area contributed by atoms with E-state index in [4.69, 9.17) is 19.6 Å². The number of carbonyl (C=O) groups is 2. The minimum atomic E-state index is -0.855. The monoisotopic (exact) mass is 532 g/mol. The van der Waals surface area contributed by atoms with Crippen molar-refractivity contribution in [3.8, 4) is 10.6 Å². The highest BCUT2D eigenvalue weighted by Gasteiger charge is 2.25. The number of para-hydroxylation sites is 1. The van der Waals surface area contributed by atoms with Crippen molar-refractivity contribution in [3.05, 3.63) is 34.7 Å². The molecule has 0 unspecified atom stereocenters. The van der Waals surface area contributed by atoms with Gasteiger partial charge in [-0.15, -0.1) is 22.7 Å². The molecule has 0 saturated heterocycles. The maximum atomic E-state index is 12.7. The Labute approximate surface area is 218 Å². The molecular formula is C25H32N4O5S2. The molecule has 194 valence electrons. The number of thiazole rings is 1. The normalized spacial score (nSPS) is 13.1. The van der Waals surface area contributed by atoms with Gasteiger partial charge < -0.3 is 30.5 Å². The van der Waals surface area contributed by atoms with Crippen LogP contribution in [0.25, 0.3) is 20.8 Å². The number of benzene rings is 1. The van der Waals surface area contributed by atoms with E-state index in [0.29, 0.717) is 39.3 Å². The average Bonchev–Trinajstić information content (AvgIpc) is 3.45. The van der Waals surface area contributed by atoms with Crippen molar-refractivity contribution in [3.63, 3.8) is 0 Å². The Hall–Kier alpha value is -2.41. The molecule has 0 atom stereocenters. The van der Waals surface area contributed by atoms with Crippen molar-refractivity contribution in [2.24, 2.45) is 0 Å². The van der Waals surface area contributed by atoms with Crippen molar-refractivity contribution >= 4 is 49.8 Å². The van der Waals surface area contributed by atoms with Gasteiger partial charge in [-0.05, 0) is 37.1 Å². The van der Waals surface area contributed by atoms with E-state index < -0.39 is 5.97 Å². The molecule has 1 aliphatic rings. The molecule has 2 aromatic heterocycles. The van der Waals surface area contributed by atoms with Crippen LogP contribution in [0.5, 0.6) is 0 Å². The minimum absolute atomic E-state index is 0.0177. The summed E-state index contributed by atoms with van der Waals surface area (Å²) >= 11 is 3.32. The SMILES string of the molecule is O=C(O)CCOCCCOCCNCCC(=O)Nc1sc2c(c1-c1nc3ccccc3s1)CCNC2. The van der Waals surface area contributed by atoms with Crippen molar-refractivity contribution in [2.75, 3.05) is 51.4 Å². The zero-order valence-corrected chi connectivity index (χ0v) is 21.8. The van der Waals surface area contributed by atoms with Crippen LogP contribution in [0.3, 0.4) is 0 Å². The number of hydrogen-bond acceptors (Lipinski definition) is 9. The first-order chi connectivity index (χ1) is 17.6. The molecule has 0 saturated carbocycles. The number of carboxylic acid groups (broad SMARTS) is 1. The number of carbonyl (C=O) groups excluding carboxylic acids is 1. The Kier molecular flexibility index (Phi) is 10.2. The van der Waals surface area contributed by atoms with E-state index in [0.717, 1.165) is 51.7 Å². The van der Waals surface area contributed by atoms with Crippen LogP contribution in [-0.2, 0) is 32.0 Å². The second-order valence-corrected chi connectivity index (χ2v) is 10.5. The van der Waals surface area contributed by atoms with Gasteiger partial charge in [-0.2, -0.15) is 0 Å². The lowest BCUT2D eigenvalue weighted by Gasteiger charge is -2.13. The van der Waals surface area contributed by atoms with Gasteiger partial charge in [-0.25, -0.2) is 4.98 Å². The van der Waals surface area contributed by atoms with Gasteiger partial charge in [-0.3, -0.25) is 9.59 Å². The molecule has 0 bridgehead atoms. The summed E-state index contributed by atoms with van der Waals surface area (Å²) in [6, 6.07) is 8.14. The maximum Gasteiger partial charge on any atom is 0.305 e. The van der Waals surface area contributed by atoms with E-state index in [9.17, 15) is 9.59 Å². The number of ether oxygens (including phenoxy) is 2. The van der Waals surface area contributed by atoms with Crippen LogP contribution >= 0.6 is 22.7 Å². The Morgan fingerprint density at radius 1 is 1.06 bits per heavy atom. The van der Waals surface area contributed by atoms with E-state index in [1.54, 1.807) is 22.7 Å². The Morgan fingerprint density at radius 2 is 1.89 bits per heavy atom. The van der Waals surface area contributed by atoms with Crippen LogP contribution in [0.15, 0.2) is 24.3 Å². The summed E-state index contributed by atoms with van der Waals surface area (Å²) in [7, 11) is 0. The molecule has 1 amide bonds. The third-order valence-electron chi connectivity index (χ3n) is 5.68. The third-order valence-corrected chi connectivity index (χ3v) is 7.88. The number of anilines is 1. The average molecular weight is 533 g/mol. The van der Waals surface area contributed by atoms with Crippen molar-refractivity contribution in [1.29, 1.82) is 0 Å². The van der Waals surface area contributed by atoms with Crippen LogP contribution in [0.1, 0.15) is 29.7 Å². The van der Waals surface area contributed by atoms with Crippen LogP contribution in [0.4, 0.5) is 5.00 Å². The molecule has 3 heterocycles. The van der Waals surface area contributed by atoms with E-state index in [1.807, 2.05) is 18.2 Å². The maximum absolute atomic E-state index is 12.7. The zero-order valence-electron chi connectivity index (χ0n) is 20.1. The fraction of sp³-hybridized carbons (Fsp3) is 0.480. The summed E-state index contributed by atoms with van der Waals surface area (Å²) in [6.07, 6.45) is 2.05. The minimum Gasteiger partial charge on any atom is -0.481 e. The van der Waals surface area contributed by atoms with Crippen LogP contribution in [0.2, 0.25) is 0 Å². The number of rotatable bonds is 15. The van der Waals surface area contributed by atoms with Crippen molar-refractivity contribution in [2.45, 2.75) is 32.2 Å². The third kappa shape index (κ3) is 7.55. The lowest BCUT2D eigenvalue weighted by Crippen LogP contribution is -2.25. The summed E-state index contributed by atoms with van der Waals surface area (Å²) < 4.78 is 11.9. The second-order valence-electron chi connectivity index (χ2n) is 8.39. The van der Waals surface area contributed by atoms with Crippen LogP contribution < -0.4 is 16.0 Å². The lowest BCUT2D eigenvalue weighted by molar-refractivity contribution is -0.138. The molecule has 1 aliphatic heterocycles. The van der Waals surface area contributed by atoms with Gasteiger partial charge >= 0.3 is 5.97 Å². The zero-order chi connectivity index (χ0) is 25.2. The van der Waals surface area contributed by atoms with Gasteiger partial charge in [0, 0.05) is 49.7 Å².